The molecule has 0 heterocycles. The van der Waals surface area contributed by atoms with Crippen LogP contribution in [0, 0.1) is 5.92 Å². The molecule has 1 aliphatic rings. The van der Waals surface area contributed by atoms with E-state index >= 15 is 0 Å². The van der Waals surface area contributed by atoms with Gasteiger partial charge in [0.05, 0.1) is 0 Å². The first-order valence-corrected chi connectivity index (χ1v) is 11.0. The predicted octanol–water partition coefficient (Wildman–Crippen LogP) is 3.92. The summed E-state index contributed by atoms with van der Waals surface area (Å²) in [7, 11) is 0. The van der Waals surface area contributed by atoms with E-state index in [1.807, 2.05) is 43.3 Å². The van der Waals surface area contributed by atoms with Crippen molar-refractivity contribution in [1.29, 1.82) is 0 Å². The van der Waals surface area contributed by atoms with Gasteiger partial charge in [-0.25, -0.2) is 9.59 Å². The maximum absolute atomic E-state index is 12.5. The minimum Gasteiger partial charge on any atom is -0.480 e. The average Bonchev–Trinajstić information content (AvgIpc) is 3.09. The number of aliphatic carboxylic acids is 1. The van der Waals surface area contributed by atoms with E-state index in [1.165, 1.54) is 0 Å². The van der Waals surface area contributed by atoms with Crippen LogP contribution < -0.4 is 10.6 Å². The molecule has 2 aromatic rings. The number of hydrogen-bond donors (Lipinski definition) is 3. The lowest BCUT2D eigenvalue weighted by molar-refractivity contribution is -0.143. The van der Waals surface area contributed by atoms with Crippen LogP contribution in [0.15, 0.2) is 48.5 Å². The molecule has 0 radical (unpaired) electrons. The Balaban J connectivity index is 1.57. The van der Waals surface area contributed by atoms with Crippen LogP contribution in [-0.4, -0.2) is 41.8 Å². The highest BCUT2D eigenvalue weighted by Crippen LogP contribution is 2.44. The smallest absolute Gasteiger partial charge is 0.407 e. The van der Waals surface area contributed by atoms with Crippen LogP contribution in [0.25, 0.3) is 11.1 Å². The number of carbonyl (C=O) groups excluding carboxylic acids is 2. The van der Waals surface area contributed by atoms with Crippen LogP contribution in [0.5, 0.6) is 0 Å². The molecule has 2 aromatic carbocycles. The number of carbonyl (C=O) groups is 3. The molecule has 0 saturated heterocycles. The summed E-state index contributed by atoms with van der Waals surface area (Å²) in [5.41, 5.74) is 4.55. The van der Waals surface area contributed by atoms with E-state index in [2.05, 4.69) is 22.8 Å². The zero-order valence-corrected chi connectivity index (χ0v) is 18.6. The molecular formula is C25H30N2O5. The standard InChI is InChI=1S/C25H30N2O5/c1-4-16(13-22(28)27-23(15(2)3)24(29)30)26-25(31)32-14-21-19-11-7-5-9-17(19)18-10-6-8-12-20(18)21/h5-12,15-16,21,23H,4,13-14H2,1-3H3,(H,26,31)(H,27,28)(H,29,30)/t16-,23+/m1/s1. The zero-order valence-electron chi connectivity index (χ0n) is 18.6. The molecule has 3 N–H and O–H groups in total. The summed E-state index contributed by atoms with van der Waals surface area (Å²) in [4.78, 5) is 36.0. The fraction of sp³-hybridized carbons (Fsp3) is 0.400. The summed E-state index contributed by atoms with van der Waals surface area (Å²) >= 11 is 0. The van der Waals surface area contributed by atoms with Crippen molar-refractivity contribution < 1.29 is 24.2 Å². The van der Waals surface area contributed by atoms with Crippen LogP contribution in [0.4, 0.5) is 4.79 Å². The normalized spacial score (nSPS) is 14.2. The summed E-state index contributed by atoms with van der Waals surface area (Å²) in [5, 5.41) is 14.5. The molecule has 0 fully saturated rings. The molecule has 1 aliphatic carbocycles. The Hall–Kier alpha value is -3.35. The summed E-state index contributed by atoms with van der Waals surface area (Å²) in [5.74, 6) is -1.78. The monoisotopic (exact) mass is 438 g/mol. The molecule has 32 heavy (non-hydrogen) atoms. The van der Waals surface area contributed by atoms with Crippen LogP contribution in [0.3, 0.4) is 0 Å². The maximum atomic E-state index is 12.5. The Labute approximate surface area is 188 Å². The Kier molecular flexibility index (Phi) is 7.51. The van der Waals surface area contributed by atoms with Gasteiger partial charge in [-0.15, -0.1) is 0 Å². The van der Waals surface area contributed by atoms with Crippen molar-refractivity contribution in [2.45, 2.75) is 51.6 Å². The Morgan fingerprint density at radius 3 is 2.03 bits per heavy atom. The summed E-state index contributed by atoms with van der Waals surface area (Å²) in [6.07, 6.45) is -0.0982. The first kappa shape index (κ1) is 23.3. The summed E-state index contributed by atoms with van der Waals surface area (Å²) in [6, 6.07) is 14.8. The molecule has 7 heteroatoms. The lowest BCUT2D eigenvalue weighted by Crippen LogP contribution is -2.47. The second-order valence-electron chi connectivity index (χ2n) is 8.41. The van der Waals surface area contributed by atoms with Gasteiger partial charge in [0, 0.05) is 18.4 Å². The maximum Gasteiger partial charge on any atom is 0.407 e. The summed E-state index contributed by atoms with van der Waals surface area (Å²) < 4.78 is 5.54. The number of rotatable bonds is 9. The molecule has 7 nitrogen and oxygen atoms in total. The number of nitrogens with one attached hydrogen (secondary N) is 2. The van der Waals surface area contributed by atoms with Crippen molar-refractivity contribution >= 4 is 18.0 Å². The number of amides is 2. The molecule has 3 rings (SSSR count). The van der Waals surface area contributed by atoms with Crippen molar-refractivity contribution in [2.24, 2.45) is 5.92 Å². The molecule has 2 amide bonds. The molecule has 2 atom stereocenters. The second-order valence-corrected chi connectivity index (χ2v) is 8.41. The molecule has 170 valence electrons. The third kappa shape index (κ3) is 5.28. The van der Waals surface area contributed by atoms with Crippen LogP contribution in [0.2, 0.25) is 0 Å². The van der Waals surface area contributed by atoms with Gasteiger partial charge in [0.2, 0.25) is 5.91 Å². The van der Waals surface area contributed by atoms with E-state index in [0.717, 1.165) is 22.3 Å². The Morgan fingerprint density at radius 2 is 1.53 bits per heavy atom. The number of ether oxygens (including phenoxy) is 1. The first-order chi connectivity index (χ1) is 15.3. The third-order valence-electron chi connectivity index (χ3n) is 5.84. The van der Waals surface area contributed by atoms with Gasteiger partial charge in [-0.2, -0.15) is 0 Å². The van der Waals surface area contributed by atoms with Gasteiger partial charge in [-0.3, -0.25) is 4.79 Å². The van der Waals surface area contributed by atoms with Crippen molar-refractivity contribution in [3.05, 3.63) is 59.7 Å². The van der Waals surface area contributed by atoms with Crippen molar-refractivity contribution in [2.75, 3.05) is 6.61 Å². The summed E-state index contributed by atoms with van der Waals surface area (Å²) in [6.45, 7) is 5.49. The molecular weight excluding hydrogens is 408 g/mol. The van der Waals surface area contributed by atoms with Crippen molar-refractivity contribution in [1.82, 2.24) is 10.6 Å². The third-order valence-corrected chi connectivity index (χ3v) is 5.84. The Morgan fingerprint density at radius 1 is 0.969 bits per heavy atom. The van der Waals surface area contributed by atoms with Crippen LogP contribution in [0.1, 0.15) is 50.7 Å². The highest BCUT2D eigenvalue weighted by molar-refractivity contribution is 5.84. The molecule has 0 saturated carbocycles. The number of carboxylic acids is 1. The fourth-order valence-electron chi connectivity index (χ4n) is 4.07. The Bertz CT molecular complexity index is 942. The largest absolute Gasteiger partial charge is 0.480 e. The van der Waals surface area contributed by atoms with E-state index in [1.54, 1.807) is 13.8 Å². The van der Waals surface area contributed by atoms with Crippen LogP contribution >= 0.6 is 0 Å². The van der Waals surface area contributed by atoms with Gasteiger partial charge >= 0.3 is 12.1 Å². The van der Waals surface area contributed by atoms with Gasteiger partial charge in [-0.1, -0.05) is 69.3 Å². The fourth-order valence-corrected chi connectivity index (χ4v) is 4.07. The number of hydrogen-bond acceptors (Lipinski definition) is 4. The molecule has 0 bridgehead atoms. The van der Waals surface area contributed by atoms with Crippen LogP contribution in [-0.2, 0) is 14.3 Å². The minimum atomic E-state index is -1.08. The topological polar surface area (TPSA) is 105 Å². The number of fused-ring (bicyclic) bond motifs is 3. The average molecular weight is 439 g/mol. The zero-order chi connectivity index (χ0) is 23.3. The molecule has 0 spiro atoms. The van der Waals surface area contributed by atoms with Gasteiger partial charge in [0.15, 0.2) is 0 Å². The molecule has 0 aromatic heterocycles. The van der Waals surface area contributed by atoms with Gasteiger partial charge < -0.3 is 20.5 Å². The number of benzene rings is 2. The number of alkyl carbamates (subject to hydrolysis) is 1. The number of carboxylic acid groups (broad SMARTS) is 1. The SMILES string of the molecule is CC[C@H](CC(=O)N[C@H](C(=O)O)C(C)C)NC(=O)OCC1c2ccccc2-c2ccccc21. The lowest BCUT2D eigenvalue weighted by Gasteiger charge is -2.21. The van der Waals surface area contributed by atoms with E-state index in [-0.39, 0.29) is 24.9 Å². The highest BCUT2D eigenvalue weighted by Gasteiger charge is 2.29. The first-order valence-electron chi connectivity index (χ1n) is 11.0. The van der Waals surface area contributed by atoms with E-state index in [9.17, 15) is 19.5 Å². The van der Waals surface area contributed by atoms with E-state index < -0.39 is 30.1 Å². The molecule has 0 unspecified atom stereocenters. The van der Waals surface area contributed by atoms with Gasteiger partial charge in [0.25, 0.3) is 0 Å². The van der Waals surface area contributed by atoms with Crippen molar-refractivity contribution in [3.8, 4) is 11.1 Å². The van der Waals surface area contributed by atoms with Gasteiger partial charge in [0.1, 0.15) is 12.6 Å². The quantitative estimate of drug-likeness (QED) is 0.550. The van der Waals surface area contributed by atoms with E-state index in [0.29, 0.717) is 6.42 Å². The van der Waals surface area contributed by atoms with Crippen molar-refractivity contribution in [3.63, 3.8) is 0 Å². The lowest BCUT2D eigenvalue weighted by atomic mass is 9.98. The van der Waals surface area contributed by atoms with Gasteiger partial charge in [-0.05, 0) is 34.6 Å². The molecule has 0 aliphatic heterocycles. The highest BCUT2D eigenvalue weighted by atomic mass is 16.5. The second kappa shape index (κ2) is 10.3. The predicted molar refractivity (Wildman–Crippen MR) is 121 cm³/mol. The van der Waals surface area contributed by atoms with E-state index in [4.69, 9.17) is 4.74 Å². The minimum absolute atomic E-state index is 0.0167.